The number of anilines is 2. The summed E-state index contributed by atoms with van der Waals surface area (Å²) in [5.74, 6) is -0.560. The number of para-hydroxylation sites is 1. The van der Waals surface area contributed by atoms with Crippen molar-refractivity contribution in [2.75, 3.05) is 24.3 Å². The Kier molecular flexibility index (Phi) is 6.22. The maximum Gasteiger partial charge on any atom is 0.264 e. The van der Waals surface area contributed by atoms with Gasteiger partial charge in [-0.25, -0.2) is 12.8 Å². The number of nitrogens with one attached hydrogen (secondary N) is 2. The summed E-state index contributed by atoms with van der Waals surface area (Å²) in [5, 5.41) is 2.68. The Balaban J connectivity index is 1.90. The number of sulfonamides is 1. The van der Waals surface area contributed by atoms with Crippen LogP contribution in [0.5, 0.6) is 11.5 Å². The normalized spacial score (nSPS) is 10.9. The smallest absolute Gasteiger partial charge is 0.264 e. The van der Waals surface area contributed by atoms with Gasteiger partial charge in [0.15, 0.2) is 0 Å². The molecular formula is C21H19FN2O5S. The van der Waals surface area contributed by atoms with Gasteiger partial charge < -0.3 is 14.8 Å². The fraction of sp³-hybridized carbons (Fsp3) is 0.0952. The summed E-state index contributed by atoms with van der Waals surface area (Å²) in [4.78, 5) is 12.3. The quantitative estimate of drug-likeness (QED) is 0.593. The van der Waals surface area contributed by atoms with E-state index in [1.165, 1.54) is 38.5 Å². The molecule has 0 radical (unpaired) electrons. The first-order valence-electron chi connectivity index (χ1n) is 8.75. The lowest BCUT2D eigenvalue weighted by Crippen LogP contribution is -2.19. The highest BCUT2D eigenvalue weighted by atomic mass is 32.2. The molecule has 0 atom stereocenters. The Morgan fingerprint density at radius 2 is 1.60 bits per heavy atom. The topological polar surface area (TPSA) is 93.7 Å². The number of hydrogen-bond donors (Lipinski definition) is 2. The van der Waals surface area contributed by atoms with Crippen LogP contribution in [-0.4, -0.2) is 28.5 Å². The van der Waals surface area contributed by atoms with E-state index in [0.29, 0.717) is 17.2 Å². The zero-order valence-corrected chi connectivity index (χ0v) is 17.0. The second-order valence-electron chi connectivity index (χ2n) is 6.10. The van der Waals surface area contributed by atoms with Crippen molar-refractivity contribution in [3.8, 4) is 11.5 Å². The lowest BCUT2D eigenvalue weighted by Gasteiger charge is -2.15. The Labute approximate surface area is 173 Å². The number of rotatable bonds is 7. The molecule has 0 aromatic heterocycles. The van der Waals surface area contributed by atoms with Crippen LogP contribution in [0.3, 0.4) is 0 Å². The van der Waals surface area contributed by atoms with Gasteiger partial charge in [0.05, 0.1) is 31.2 Å². The summed E-state index contributed by atoms with van der Waals surface area (Å²) in [5.41, 5.74) is 0.427. The molecule has 0 spiro atoms. The number of carbonyl (C=O) groups excluding carboxylic acids is 1. The van der Waals surface area contributed by atoms with E-state index in [1.54, 1.807) is 30.3 Å². The van der Waals surface area contributed by atoms with E-state index in [4.69, 9.17) is 9.47 Å². The van der Waals surface area contributed by atoms with Crippen LogP contribution in [0, 0.1) is 5.82 Å². The van der Waals surface area contributed by atoms with Gasteiger partial charge in [-0.05, 0) is 36.4 Å². The number of methoxy groups -OCH3 is 2. The predicted molar refractivity (Wildman–Crippen MR) is 111 cm³/mol. The predicted octanol–water partition coefficient (Wildman–Crippen LogP) is 3.90. The third-order valence-electron chi connectivity index (χ3n) is 4.20. The molecule has 0 aliphatic heterocycles. The number of halogens is 1. The van der Waals surface area contributed by atoms with Gasteiger partial charge in [0.2, 0.25) is 0 Å². The lowest BCUT2D eigenvalue weighted by atomic mass is 10.1. The number of amides is 1. The summed E-state index contributed by atoms with van der Waals surface area (Å²) >= 11 is 0. The standard InChI is InChI=1S/C21H19FN2O5S/c1-28-14-11-12-18(19(13-14)29-2)23-21(25)15-7-3-5-9-17(15)24-30(26,27)20-10-6-4-8-16(20)22/h3-13,24H,1-2H3,(H,23,25). The van der Waals surface area contributed by atoms with E-state index >= 15 is 0 Å². The molecule has 9 heteroatoms. The van der Waals surface area contributed by atoms with Crippen molar-refractivity contribution in [2.45, 2.75) is 4.90 Å². The molecule has 3 aromatic carbocycles. The largest absolute Gasteiger partial charge is 0.497 e. The average Bonchev–Trinajstić information content (AvgIpc) is 2.74. The second kappa shape index (κ2) is 8.83. The van der Waals surface area contributed by atoms with Gasteiger partial charge in [-0.3, -0.25) is 9.52 Å². The molecular weight excluding hydrogens is 411 g/mol. The maximum absolute atomic E-state index is 14.0. The highest BCUT2D eigenvalue weighted by molar-refractivity contribution is 7.92. The van der Waals surface area contributed by atoms with Crippen LogP contribution in [0.2, 0.25) is 0 Å². The number of hydrogen-bond acceptors (Lipinski definition) is 5. The van der Waals surface area contributed by atoms with Gasteiger partial charge in [-0.15, -0.1) is 0 Å². The summed E-state index contributed by atoms with van der Waals surface area (Å²) in [6.45, 7) is 0. The third kappa shape index (κ3) is 4.52. The highest BCUT2D eigenvalue weighted by Gasteiger charge is 2.22. The minimum Gasteiger partial charge on any atom is -0.497 e. The van der Waals surface area contributed by atoms with Crippen LogP contribution < -0.4 is 19.5 Å². The third-order valence-corrected chi connectivity index (χ3v) is 5.60. The van der Waals surface area contributed by atoms with Crippen molar-refractivity contribution >= 4 is 27.3 Å². The Bertz CT molecular complexity index is 1180. The van der Waals surface area contributed by atoms with Crippen LogP contribution in [0.4, 0.5) is 15.8 Å². The minimum atomic E-state index is -4.24. The van der Waals surface area contributed by atoms with Gasteiger partial charge in [0.1, 0.15) is 22.2 Å². The fourth-order valence-corrected chi connectivity index (χ4v) is 3.88. The van der Waals surface area contributed by atoms with E-state index in [1.807, 2.05) is 0 Å². The zero-order chi connectivity index (χ0) is 21.7. The molecule has 1 amide bonds. The van der Waals surface area contributed by atoms with Crippen molar-refractivity contribution < 1.29 is 27.1 Å². The van der Waals surface area contributed by atoms with Crippen LogP contribution in [0.15, 0.2) is 71.6 Å². The molecule has 0 heterocycles. The summed E-state index contributed by atoms with van der Waals surface area (Å²) < 4.78 is 51.8. The molecule has 30 heavy (non-hydrogen) atoms. The van der Waals surface area contributed by atoms with Crippen LogP contribution in [0.25, 0.3) is 0 Å². The minimum absolute atomic E-state index is 0.00531. The van der Waals surface area contributed by atoms with Crippen molar-refractivity contribution in [1.82, 2.24) is 0 Å². The molecule has 0 saturated heterocycles. The Morgan fingerprint density at radius 1 is 0.900 bits per heavy atom. The number of carbonyl (C=O) groups is 1. The summed E-state index contributed by atoms with van der Waals surface area (Å²) in [6, 6.07) is 15.8. The van der Waals surface area contributed by atoms with Crippen LogP contribution in [0.1, 0.15) is 10.4 Å². The van der Waals surface area contributed by atoms with E-state index in [2.05, 4.69) is 10.0 Å². The second-order valence-corrected chi connectivity index (χ2v) is 7.75. The summed E-state index contributed by atoms with van der Waals surface area (Å²) in [6.07, 6.45) is 0. The first kappa shape index (κ1) is 21.1. The van der Waals surface area contributed by atoms with Gasteiger partial charge in [0, 0.05) is 6.07 Å². The lowest BCUT2D eigenvalue weighted by molar-refractivity contribution is 0.102. The van der Waals surface area contributed by atoms with Gasteiger partial charge >= 0.3 is 0 Å². The van der Waals surface area contributed by atoms with E-state index in [9.17, 15) is 17.6 Å². The zero-order valence-electron chi connectivity index (χ0n) is 16.2. The Morgan fingerprint density at radius 3 is 2.30 bits per heavy atom. The molecule has 2 N–H and O–H groups in total. The van der Waals surface area contributed by atoms with Gasteiger partial charge in [0.25, 0.3) is 15.9 Å². The number of benzene rings is 3. The van der Waals surface area contributed by atoms with Crippen molar-refractivity contribution in [2.24, 2.45) is 0 Å². The summed E-state index contributed by atoms with van der Waals surface area (Å²) in [7, 11) is -1.29. The van der Waals surface area contributed by atoms with Crippen LogP contribution in [-0.2, 0) is 10.0 Å². The molecule has 0 unspecified atom stereocenters. The molecule has 0 saturated carbocycles. The van der Waals surface area contributed by atoms with Crippen molar-refractivity contribution in [3.05, 3.63) is 78.1 Å². The van der Waals surface area contributed by atoms with Crippen LogP contribution >= 0.6 is 0 Å². The molecule has 0 fully saturated rings. The van der Waals surface area contributed by atoms with Crippen molar-refractivity contribution in [3.63, 3.8) is 0 Å². The SMILES string of the molecule is COc1ccc(NC(=O)c2ccccc2NS(=O)(=O)c2ccccc2F)c(OC)c1. The molecule has 0 bridgehead atoms. The van der Waals surface area contributed by atoms with E-state index in [0.717, 1.165) is 12.1 Å². The first-order chi connectivity index (χ1) is 14.4. The van der Waals surface area contributed by atoms with Gasteiger partial charge in [-0.1, -0.05) is 24.3 Å². The van der Waals surface area contributed by atoms with Crippen molar-refractivity contribution in [1.29, 1.82) is 0 Å². The van der Waals surface area contributed by atoms with Gasteiger partial charge in [-0.2, -0.15) is 0 Å². The fourth-order valence-electron chi connectivity index (χ4n) is 2.72. The van der Waals surface area contributed by atoms with E-state index < -0.39 is 26.6 Å². The molecule has 0 aliphatic carbocycles. The Hall–Kier alpha value is -3.59. The molecule has 3 aromatic rings. The van der Waals surface area contributed by atoms with E-state index in [-0.39, 0.29) is 11.3 Å². The molecule has 156 valence electrons. The number of ether oxygens (including phenoxy) is 2. The average molecular weight is 430 g/mol. The molecule has 7 nitrogen and oxygen atoms in total. The maximum atomic E-state index is 14.0. The first-order valence-corrected chi connectivity index (χ1v) is 10.2. The molecule has 3 rings (SSSR count). The highest BCUT2D eigenvalue weighted by Crippen LogP contribution is 2.30. The molecule has 0 aliphatic rings. The monoisotopic (exact) mass is 430 g/mol.